The number of hydrogen-bond acceptors (Lipinski definition) is 2. The first-order valence-electron chi connectivity index (χ1n) is 6.46. The lowest BCUT2D eigenvalue weighted by Gasteiger charge is -2.26. The number of aryl methyl sites for hydroxylation is 1. The summed E-state index contributed by atoms with van der Waals surface area (Å²) >= 11 is 0. The van der Waals surface area contributed by atoms with Gasteiger partial charge in [0.15, 0.2) is 11.6 Å². The lowest BCUT2D eigenvalue weighted by atomic mass is 10.0. The third-order valence-corrected chi connectivity index (χ3v) is 3.59. The van der Waals surface area contributed by atoms with Gasteiger partial charge in [-0.05, 0) is 30.5 Å². The standard InChI is InChI=1S/C14H15F2N3/c1-2-9-8-18-19-13(5-6-17-14(9)19)10-3-4-11(15)12(16)7-10/h3-4,7-8,13,17H,2,5-6H2,1H3. The van der Waals surface area contributed by atoms with Crippen molar-refractivity contribution < 1.29 is 8.78 Å². The first kappa shape index (κ1) is 12.1. The minimum absolute atomic E-state index is 0.0355. The molecule has 1 aromatic heterocycles. The van der Waals surface area contributed by atoms with Gasteiger partial charge >= 0.3 is 0 Å². The van der Waals surface area contributed by atoms with Crippen molar-refractivity contribution in [1.82, 2.24) is 9.78 Å². The van der Waals surface area contributed by atoms with Crippen LogP contribution in [0.3, 0.4) is 0 Å². The zero-order valence-electron chi connectivity index (χ0n) is 10.7. The van der Waals surface area contributed by atoms with E-state index >= 15 is 0 Å². The van der Waals surface area contributed by atoms with Crippen molar-refractivity contribution in [2.75, 3.05) is 11.9 Å². The summed E-state index contributed by atoms with van der Waals surface area (Å²) in [7, 11) is 0. The number of nitrogens with zero attached hydrogens (tertiary/aromatic N) is 2. The Morgan fingerprint density at radius 3 is 2.95 bits per heavy atom. The van der Waals surface area contributed by atoms with Crippen LogP contribution >= 0.6 is 0 Å². The van der Waals surface area contributed by atoms with Crippen molar-refractivity contribution in [3.05, 3.63) is 47.2 Å². The molecule has 0 saturated carbocycles. The van der Waals surface area contributed by atoms with Gasteiger partial charge in [0.25, 0.3) is 0 Å². The lowest BCUT2D eigenvalue weighted by molar-refractivity contribution is 0.468. The monoisotopic (exact) mass is 263 g/mol. The van der Waals surface area contributed by atoms with Gasteiger partial charge in [0, 0.05) is 12.1 Å². The van der Waals surface area contributed by atoms with Crippen molar-refractivity contribution in [1.29, 1.82) is 0 Å². The molecule has 1 N–H and O–H groups in total. The summed E-state index contributed by atoms with van der Waals surface area (Å²) in [6.45, 7) is 2.88. The number of benzene rings is 1. The van der Waals surface area contributed by atoms with Gasteiger partial charge in [-0.2, -0.15) is 5.10 Å². The third-order valence-electron chi connectivity index (χ3n) is 3.59. The molecule has 0 fully saturated rings. The molecule has 2 heterocycles. The summed E-state index contributed by atoms with van der Waals surface area (Å²) in [5.74, 6) is -0.628. The van der Waals surface area contributed by atoms with Crippen molar-refractivity contribution in [3.63, 3.8) is 0 Å². The van der Waals surface area contributed by atoms with Gasteiger partial charge in [-0.1, -0.05) is 13.0 Å². The number of nitrogens with one attached hydrogen (secondary N) is 1. The molecule has 100 valence electrons. The highest BCUT2D eigenvalue weighted by Crippen LogP contribution is 2.31. The van der Waals surface area contributed by atoms with Gasteiger partial charge in [0.1, 0.15) is 5.82 Å². The molecule has 0 amide bonds. The van der Waals surface area contributed by atoms with Crippen LogP contribution in [0.1, 0.15) is 30.5 Å². The van der Waals surface area contributed by atoms with Crippen molar-refractivity contribution in [3.8, 4) is 0 Å². The van der Waals surface area contributed by atoms with Gasteiger partial charge in [-0.15, -0.1) is 0 Å². The Kier molecular flexibility index (Phi) is 2.97. The van der Waals surface area contributed by atoms with Gasteiger partial charge in [0.2, 0.25) is 0 Å². The SMILES string of the molecule is CCc1cnn2c1NCCC2c1ccc(F)c(F)c1. The second-order valence-electron chi connectivity index (χ2n) is 4.72. The highest BCUT2D eigenvalue weighted by atomic mass is 19.2. The fourth-order valence-electron chi connectivity index (χ4n) is 2.56. The Labute approximate surface area is 110 Å². The fraction of sp³-hybridized carbons (Fsp3) is 0.357. The van der Waals surface area contributed by atoms with Crippen LogP contribution in [0, 0.1) is 11.6 Å². The van der Waals surface area contributed by atoms with E-state index < -0.39 is 11.6 Å². The molecule has 1 atom stereocenters. The van der Waals surface area contributed by atoms with E-state index in [1.165, 1.54) is 12.1 Å². The molecular weight excluding hydrogens is 248 g/mol. The Morgan fingerprint density at radius 1 is 1.37 bits per heavy atom. The van der Waals surface area contributed by atoms with Gasteiger partial charge < -0.3 is 5.32 Å². The molecule has 1 unspecified atom stereocenters. The molecule has 1 aliphatic heterocycles. The van der Waals surface area contributed by atoms with Gasteiger partial charge in [0.05, 0.1) is 12.2 Å². The summed E-state index contributed by atoms with van der Waals surface area (Å²) < 4.78 is 28.2. The lowest BCUT2D eigenvalue weighted by Crippen LogP contribution is -2.25. The average molecular weight is 263 g/mol. The van der Waals surface area contributed by atoms with E-state index in [1.54, 1.807) is 6.07 Å². The van der Waals surface area contributed by atoms with E-state index in [4.69, 9.17) is 0 Å². The van der Waals surface area contributed by atoms with Crippen LogP contribution in [-0.2, 0) is 6.42 Å². The van der Waals surface area contributed by atoms with Crippen LogP contribution in [-0.4, -0.2) is 16.3 Å². The molecule has 0 radical (unpaired) electrons. The van der Waals surface area contributed by atoms with E-state index in [9.17, 15) is 8.78 Å². The summed E-state index contributed by atoms with van der Waals surface area (Å²) in [4.78, 5) is 0. The minimum Gasteiger partial charge on any atom is -0.370 e. The second-order valence-corrected chi connectivity index (χ2v) is 4.72. The van der Waals surface area contributed by atoms with Gasteiger partial charge in [-0.25, -0.2) is 13.5 Å². The maximum Gasteiger partial charge on any atom is 0.159 e. The maximum atomic E-state index is 13.4. The van der Waals surface area contributed by atoms with Crippen LogP contribution in [0.5, 0.6) is 0 Å². The van der Waals surface area contributed by atoms with E-state index in [0.29, 0.717) is 0 Å². The van der Waals surface area contributed by atoms with E-state index in [2.05, 4.69) is 17.3 Å². The van der Waals surface area contributed by atoms with E-state index in [1.807, 2.05) is 10.9 Å². The third kappa shape index (κ3) is 1.99. The zero-order valence-corrected chi connectivity index (χ0v) is 10.7. The number of hydrogen-bond donors (Lipinski definition) is 1. The summed E-state index contributed by atoms with van der Waals surface area (Å²) in [5, 5.41) is 7.70. The van der Waals surface area contributed by atoms with Gasteiger partial charge in [-0.3, -0.25) is 0 Å². The molecule has 5 heteroatoms. The predicted molar refractivity (Wildman–Crippen MR) is 69.2 cm³/mol. The fourth-order valence-corrected chi connectivity index (χ4v) is 2.56. The molecule has 3 nitrogen and oxygen atoms in total. The molecule has 0 saturated heterocycles. The first-order chi connectivity index (χ1) is 9.20. The maximum absolute atomic E-state index is 13.4. The molecular formula is C14H15F2N3. The quantitative estimate of drug-likeness (QED) is 0.902. The zero-order chi connectivity index (χ0) is 13.4. The second kappa shape index (κ2) is 4.64. The Morgan fingerprint density at radius 2 is 2.21 bits per heavy atom. The molecule has 2 aromatic rings. The number of aromatic nitrogens is 2. The predicted octanol–water partition coefficient (Wildman–Crippen LogP) is 3.13. The normalized spacial score (nSPS) is 17.9. The molecule has 3 rings (SSSR count). The molecule has 0 bridgehead atoms. The highest BCUT2D eigenvalue weighted by molar-refractivity contribution is 5.47. The average Bonchev–Trinajstić information content (AvgIpc) is 2.85. The van der Waals surface area contributed by atoms with Crippen LogP contribution < -0.4 is 5.32 Å². The topological polar surface area (TPSA) is 29.9 Å². The Bertz CT molecular complexity index is 607. The van der Waals surface area contributed by atoms with Crippen molar-refractivity contribution in [2.24, 2.45) is 0 Å². The molecule has 19 heavy (non-hydrogen) atoms. The summed E-state index contributed by atoms with van der Waals surface area (Å²) in [6.07, 6.45) is 3.54. The first-order valence-corrected chi connectivity index (χ1v) is 6.46. The van der Waals surface area contributed by atoms with Crippen LogP contribution in [0.2, 0.25) is 0 Å². The summed E-state index contributed by atoms with van der Waals surface area (Å²) in [6, 6.07) is 4.04. The molecule has 1 aromatic carbocycles. The van der Waals surface area contributed by atoms with E-state index in [0.717, 1.165) is 36.3 Å². The van der Waals surface area contributed by atoms with Crippen LogP contribution in [0.4, 0.5) is 14.6 Å². The minimum atomic E-state index is -0.812. The molecule has 0 aliphatic carbocycles. The summed E-state index contributed by atoms with van der Waals surface area (Å²) in [5.41, 5.74) is 1.90. The number of anilines is 1. The number of halogens is 2. The van der Waals surface area contributed by atoms with E-state index in [-0.39, 0.29) is 6.04 Å². The smallest absolute Gasteiger partial charge is 0.159 e. The Balaban J connectivity index is 2.03. The molecule has 0 spiro atoms. The molecule has 1 aliphatic rings. The largest absolute Gasteiger partial charge is 0.370 e. The highest BCUT2D eigenvalue weighted by Gasteiger charge is 2.24. The number of rotatable bonds is 2. The van der Waals surface area contributed by atoms with Crippen molar-refractivity contribution in [2.45, 2.75) is 25.8 Å². The number of fused-ring (bicyclic) bond motifs is 1. The Hall–Kier alpha value is -1.91. The van der Waals surface area contributed by atoms with Crippen LogP contribution in [0.15, 0.2) is 24.4 Å². The van der Waals surface area contributed by atoms with Crippen LogP contribution in [0.25, 0.3) is 0 Å². The van der Waals surface area contributed by atoms with Crippen molar-refractivity contribution >= 4 is 5.82 Å².